The van der Waals surface area contributed by atoms with E-state index in [1.54, 1.807) is 0 Å². The van der Waals surface area contributed by atoms with Crippen LogP contribution in [0.15, 0.2) is 12.7 Å². The summed E-state index contributed by atoms with van der Waals surface area (Å²) in [4.78, 5) is 33.9. The molecule has 1 fully saturated rings. The van der Waals surface area contributed by atoms with Crippen molar-refractivity contribution in [3.05, 3.63) is 12.7 Å². The van der Waals surface area contributed by atoms with Crippen LogP contribution in [0.1, 0.15) is 6.42 Å². The van der Waals surface area contributed by atoms with Crippen molar-refractivity contribution in [3.8, 4) is 0 Å². The first-order valence-corrected chi connectivity index (χ1v) is 4.35. The maximum Gasteiger partial charge on any atom is 0.411 e. The van der Waals surface area contributed by atoms with Crippen molar-refractivity contribution in [1.82, 2.24) is 4.90 Å². The Labute approximate surface area is 86.1 Å². The van der Waals surface area contributed by atoms with Gasteiger partial charge in [-0.2, -0.15) is 0 Å². The number of hydrogen-bond donors (Lipinski definition) is 1. The molecule has 6 nitrogen and oxygen atoms in total. The van der Waals surface area contributed by atoms with Crippen LogP contribution in [0.4, 0.5) is 4.79 Å². The van der Waals surface area contributed by atoms with Crippen LogP contribution in [0.25, 0.3) is 0 Å². The quantitative estimate of drug-likeness (QED) is 0.669. The summed E-state index contributed by atoms with van der Waals surface area (Å²) in [5.74, 6) is -1.48. The summed E-state index contributed by atoms with van der Waals surface area (Å²) in [5.41, 5.74) is 0. The van der Waals surface area contributed by atoms with Gasteiger partial charge in [-0.1, -0.05) is 12.7 Å². The Balaban J connectivity index is 2.66. The van der Waals surface area contributed by atoms with Gasteiger partial charge in [0.2, 0.25) is 0 Å². The molecule has 1 heterocycles. The number of carboxylic acids is 1. The number of carboxylic acid groups (broad SMARTS) is 1. The largest absolute Gasteiger partial charge is 0.480 e. The van der Waals surface area contributed by atoms with Crippen LogP contribution in [-0.4, -0.2) is 47.0 Å². The molecule has 1 saturated heterocycles. The Morgan fingerprint density at radius 2 is 2.33 bits per heavy atom. The Bertz CT molecular complexity index is 312. The lowest BCUT2D eigenvalue weighted by Gasteiger charge is -2.19. The third-order valence-corrected chi connectivity index (χ3v) is 1.99. The lowest BCUT2D eigenvalue weighted by molar-refractivity contribution is -0.141. The molecule has 0 bridgehead atoms. The molecule has 0 aliphatic carbocycles. The SMILES string of the molecule is C=CCOC(=O)N1CC(=O)C[C@@H]1C(=O)O. The van der Waals surface area contributed by atoms with Gasteiger partial charge in [0.15, 0.2) is 5.78 Å². The molecule has 1 atom stereocenters. The predicted molar refractivity (Wildman–Crippen MR) is 49.3 cm³/mol. The Hall–Kier alpha value is -1.85. The molecule has 6 heteroatoms. The van der Waals surface area contributed by atoms with E-state index in [4.69, 9.17) is 5.11 Å². The average Bonchev–Trinajstić information content (AvgIpc) is 2.57. The molecule has 0 spiro atoms. The van der Waals surface area contributed by atoms with E-state index in [2.05, 4.69) is 11.3 Å². The van der Waals surface area contributed by atoms with Gasteiger partial charge in [-0.25, -0.2) is 9.59 Å². The first-order valence-electron chi connectivity index (χ1n) is 4.35. The first-order chi connectivity index (χ1) is 7.06. The Morgan fingerprint density at radius 3 is 2.87 bits per heavy atom. The van der Waals surface area contributed by atoms with E-state index < -0.39 is 18.1 Å². The maximum absolute atomic E-state index is 11.3. The summed E-state index contributed by atoms with van der Waals surface area (Å²) in [6.45, 7) is 3.14. The molecule has 0 aromatic heterocycles. The molecular formula is C9H11NO5. The zero-order chi connectivity index (χ0) is 11.4. The second-order valence-corrected chi connectivity index (χ2v) is 3.09. The van der Waals surface area contributed by atoms with Crippen LogP contribution in [0, 0.1) is 0 Å². The molecule has 1 rings (SSSR count). The lowest BCUT2D eigenvalue weighted by atomic mass is 10.2. The highest BCUT2D eigenvalue weighted by atomic mass is 16.6. The zero-order valence-electron chi connectivity index (χ0n) is 8.01. The number of Topliss-reactive ketones (excluding diaryl/α,β-unsaturated/α-hetero) is 1. The molecule has 15 heavy (non-hydrogen) atoms. The van der Waals surface area contributed by atoms with Crippen molar-refractivity contribution in [1.29, 1.82) is 0 Å². The standard InChI is InChI=1S/C9H11NO5/c1-2-3-15-9(14)10-5-6(11)4-7(10)8(12)13/h2,7H,1,3-5H2,(H,12,13)/t7-/m1/s1. The summed E-state index contributed by atoms with van der Waals surface area (Å²) in [5, 5.41) is 8.75. The molecule has 1 aliphatic heterocycles. The minimum atomic E-state index is -1.20. The molecule has 0 saturated carbocycles. The van der Waals surface area contributed by atoms with Crippen LogP contribution in [-0.2, 0) is 14.3 Å². The number of hydrogen-bond acceptors (Lipinski definition) is 4. The molecule has 0 radical (unpaired) electrons. The van der Waals surface area contributed by atoms with Gasteiger partial charge < -0.3 is 9.84 Å². The van der Waals surface area contributed by atoms with E-state index in [9.17, 15) is 14.4 Å². The number of ketones is 1. The summed E-state index contributed by atoms with van der Waals surface area (Å²) >= 11 is 0. The zero-order valence-corrected chi connectivity index (χ0v) is 8.01. The molecule has 1 aliphatic rings. The molecule has 82 valence electrons. The van der Waals surface area contributed by atoms with Gasteiger partial charge >= 0.3 is 12.1 Å². The highest BCUT2D eigenvalue weighted by Crippen LogP contribution is 2.15. The number of ether oxygens (including phenoxy) is 1. The Morgan fingerprint density at radius 1 is 1.67 bits per heavy atom. The van der Waals surface area contributed by atoms with Gasteiger partial charge in [0, 0.05) is 6.42 Å². The fraction of sp³-hybridized carbons (Fsp3) is 0.444. The summed E-state index contributed by atoms with van der Waals surface area (Å²) in [6, 6.07) is -1.10. The highest BCUT2D eigenvalue weighted by molar-refractivity contribution is 5.95. The molecule has 1 amide bonds. The van der Waals surface area contributed by atoms with Crippen molar-refractivity contribution in [2.24, 2.45) is 0 Å². The number of aliphatic carboxylic acids is 1. The minimum absolute atomic E-state index is 0.00410. The van der Waals surface area contributed by atoms with Gasteiger partial charge in [0.25, 0.3) is 0 Å². The normalized spacial score (nSPS) is 20.1. The third kappa shape index (κ3) is 2.55. The molecule has 1 N–H and O–H groups in total. The minimum Gasteiger partial charge on any atom is -0.480 e. The fourth-order valence-corrected chi connectivity index (χ4v) is 1.32. The summed E-state index contributed by atoms with van der Waals surface area (Å²) in [7, 11) is 0. The maximum atomic E-state index is 11.3. The summed E-state index contributed by atoms with van der Waals surface area (Å²) in [6.07, 6.45) is 0.414. The van der Waals surface area contributed by atoms with E-state index in [-0.39, 0.29) is 25.4 Å². The smallest absolute Gasteiger partial charge is 0.411 e. The van der Waals surface area contributed by atoms with E-state index in [0.717, 1.165) is 4.90 Å². The van der Waals surface area contributed by atoms with Gasteiger partial charge in [-0.15, -0.1) is 0 Å². The number of carbonyl (C=O) groups is 3. The van der Waals surface area contributed by atoms with Crippen molar-refractivity contribution < 1.29 is 24.2 Å². The van der Waals surface area contributed by atoms with Gasteiger partial charge in [-0.3, -0.25) is 9.69 Å². The summed E-state index contributed by atoms with van der Waals surface area (Å²) < 4.78 is 4.66. The van der Waals surface area contributed by atoms with Gasteiger partial charge in [-0.05, 0) is 0 Å². The monoisotopic (exact) mass is 213 g/mol. The second kappa shape index (κ2) is 4.59. The first kappa shape index (κ1) is 11.2. The topological polar surface area (TPSA) is 83.9 Å². The van der Waals surface area contributed by atoms with E-state index in [0.29, 0.717) is 0 Å². The lowest BCUT2D eigenvalue weighted by Crippen LogP contribution is -2.40. The van der Waals surface area contributed by atoms with Crippen molar-refractivity contribution >= 4 is 17.8 Å². The molecular weight excluding hydrogens is 202 g/mol. The van der Waals surface area contributed by atoms with Gasteiger partial charge in [0.1, 0.15) is 12.6 Å². The molecule has 0 unspecified atom stereocenters. The van der Waals surface area contributed by atoms with Crippen molar-refractivity contribution in [2.75, 3.05) is 13.2 Å². The van der Waals surface area contributed by atoms with Crippen LogP contribution >= 0.6 is 0 Å². The third-order valence-electron chi connectivity index (χ3n) is 1.99. The Kier molecular flexibility index (Phi) is 3.43. The average molecular weight is 213 g/mol. The van der Waals surface area contributed by atoms with Gasteiger partial charge in [0.05, 0.1) is 6.54 Å². The molecule has 0 aromatic carbocycles. The van der Waals surface area contributed by atoms with Crippen LogP contribution in [0.2, 0.25) is 0 Å². The van der Waals surface area contributed by atoms with Crippen molar-refractivity contribution in [2.45, 2.75) is 12.5 Å². The van der Waals surface area contributed by atoms with Crippen LogP contribution in [0.5, 0.6) is 0 Å². The van der Waals surface area contributed by atoms with E-state index >= 15 is 0 Å². The highest BCUT2D eigenvalue weighted by Gasteiger charge is 2.39. The number of nitrogens with zero attached hydrogens (tertiary/aromatic N) is 1. The van der Waals surface area contributed by atoms with Crippen LogP contribution < -0.4 is 0 Å². The number of rotatable bonds is 3. The number of carbonyl (C=O) groups excluding carboxylic acids is 2. The van der Waals surface area contributed by atoms with E-state index in [1.807, 2.05) is 0 Å². The van der Waals surface area contributed by atoms with Crippen molar-refractivity contribution in [3.63, 3.8) is 0 Å². The fourth-order valence-electron chi connectivity index (χ4n) is 1.32. The van der Waals surface area contributed by atoms with E-state index in [1.165, 1.54) is 6.08 Å². The number of likely N-dealkylation sites (tertiary alicyclic amines) is 1. The van der Waals surface area contributed by atoms with Crippen LogP contribution in [0.3, 0.4) is 0 Å². The second-order valence-electron chi connectivity index (χ2n) is 3.09. The number of amides is 1. The molecule has 0 aromatic rings. The predicted octanol–water partition coefficient (Wildman–Crippen LogP) is 0.0370.